The van der Waals surface area contributed by atoms with Gasteiger partial charge < -0.3 is 19.5 Å². The third-order valence-electron chi connectivity index (χ3n) is 5.56. The molecule has 1 saturated heterocycles. The molecule has 0 radical (unpaired) electrons. The number of hydrogen-bond donors (Lipinski definition) is 1. The van der Waals surface area contributed by atoms with Crippen LogP contribution in [0.25, 0.3) is 0 Å². The van der Waals surface area contributed by atoms with E-state index < -0.39 is 5.60 Å². The number of fused-ring (bicyclic) bond motifs is 1. The normalized spacial score (nSPS) is 19.3. The van der Waals surface area contributed by atoms with Crippen LogP contribution < -0.4 is 9.47 Å². The zero-order valence-corrected chi connectivity index (χ0v) is 15.2. The molecule has 2 aromatic carbocycles. The van der Waals surface area contributed by atoms with E-state index >= 15 is 0 Å². The van der Waals surface area contributed by atoms with Gasteiger partial charge in [0, 0.05) is 5.56 Å². The summed E-state index contributed by atoms with van der Waals surface area (Å²) in [7, 11) is 0. The van der Waals surface area contributed by atoms with Crippen molar-refractivity contribution in [1.29, 1.82) is 0 Å². The maximum Gasteiger partial charge on any atom is 0.231 e. The van der Waals surface area contributed by atoms with Crippen molar-refractivity contribution in [2.24, 2.45) is 0 Å². The maximum atomic E-state index is 11.8. The topological polar surface area (TPSA) is 41.9 Å². The fraction of sp³-hybridized carbons (Fsp3) is 0.455. The van der Waals surface area contributed by atoms with Crippen molar-refractivity contribution in [2.75, 3.05) is 26.4 Å². The number of aliphatic hydroxyl groups is 1. The lowest BCUT2D eigenvalue weighted by atomic mass is 9.82. The van der Waals surface area contributed by atoms with Gasteiger partial charge in [0.15, 0.2) is 11.5 Å². The minimum absolute atomic E-state index is 0.213. The van der Waals surface area contributed by atoms with Crippen molar-refractivity contribution in [3.05, 3.63) is 59.7 Å². The predicted molar refractivity (Wildman–Crippen MR) is 102 cm³/mol. The van der Waals surface area contributed by atoms with Crippen molar-refractivity contribution in [3.8, 4) is 11.5 Å². The van der Waals surface area contributed by atoms with Crippen LogP contribution in [-0.4, -0.2) is 36.4 Å². The molecular formula is C22H27NO3. The first-order valence-electron chi connectivity index (χ1n) is 9.67. The Morgan fingerprint density at radius 3 is 2.54 bits per heavy atom. The first kappa shape index (κ1) is 17.4. The molecule has 1 atom stereocenters. The lowest BCUT2D eigenvalue weighted by molar-refractivity contribution is 0.0604. The van der Waals surface area contributed by atoms with E-state index in [1.54, 1.807) is 0 Å². The Labute approximate surface area is 155 Å². The quantitative estimate of drug-likeness (QED) is 0.855. The van der Waals surface area contributed by atoms with Crippen LogP contribution in [0.4, 0.5) is 0 Å². The van der Waals surface area contributed by atoms with Gasteiger partial charge in [0.2, 0.25) is 6.79 Å². The van der Waals surface area contributed by atoms with Crippen LogP contribution in [-0.2, 0) is 5.60 Å². The number of likely N-dealkylation sites (tertiary alicyclic amines) is 1. The van der Waals surface area contributed by atoms with E-state index in [2.05, 4.69) is 4.90 Å². The summed E-state index contributed by atoms with van der Waals surface area (Å²) < 4.78 is 11.2. The van der Waals surface area contributed by atoms with Gasteiger partial charge in [0.1, 0.15) is 5.60 Å². The molecule has 138 valence electrons. The molecule has 26 heavy (non-hydrogen) atoms. The molecule has 1 unspecified atom stereocenters. The predicted octanol–water partition coefficient (Wildman–Crippen LogP) is 3.92. The molecule has 2 aromatic rings. The summed E-state index contributed by atoms with van der Waals surface area (Å²) in [6.07, 6.45) is 5.53. The number of benzene rings is 2. The highest BCUT2D eigenvalue weighted by Gasteiger charge is 2.36. The fourth-order valence-corrected chi connectivity index (χ4v) is 4.15. The minimum Gasteiger partial charge on any atom is -0.454 e. The molecule has 2 aliphatic heterocycles. The van der Waals surface area contributed by atoms with Crippen LogP contribution in [0.1, 0.15) is 43.2 Å². The lowest BCUT2D eigenvalue weighted by Crippen LogP contribution is -2.33. The van der Waals surface area contributed by atoms with E-state index in [9.17, 15) is 5.11 Å². The Morgan fingerprint density at radius 2 is 1.73 bits per heavy atom. The summed E-state index contributed by atoms with van der Waals surface area (Å²) in [5, 5.41) is 11.8. The molecule has 1 N–H and O–H groups in total. The van der Waals surface area contributed by atoms with Crippen LogP contribution in [0.2, 0.25) is 0 Å². The molecule has 4 nitrogen and oxygen atoms in total. The van der Waals surface area contributed by atoms with Gasteiger partial charge in [0.25, 0.3) is 0 Å². The zero-order valence-electron chi connectivity index (χ0n) is 15.2. The van der Waals surface area contributed by atoms with Gasteiger partial charge in [-0.05, 0) is 56.9 Å². The van der Waals surface area contributed by atoms with E-state index in [4.69, 9.17) is 9.47 Å². The third-order valence-corrected chi connectivity index (χ3v) is 5.56. The minimum atomic E-state index is -1.07. The summed E-state index contributed by atoms with van der Waals surface area (Å²) in [6.45, 7) is 3.61. The summed E-state index contributed by atoms with van der Waals surface area (Å²) in [6, 6.07) is 15.7. The highest BCUT2D eigenvalue weighted by molar-refractivity contribution is 5.53. The van der Waals surface area contributed by atoms with Gasteiger partial charge in [-0.2, -0.15) is 0 Å². The van der Waals surface area contributed by atoms with Gasteiger partial charge in [0.05, 0.1) is 0 Å². The number of piperidine rings is 1. The summed E-state index contributed by atoms with van der Waals surface area (Å²) in [4.78, 5) is 2.52. The highest BCUT2D eigenvalue weighted by atomic mass is 16.7. The van der Waals surface area contributed by atoms with Crippen molar-refractivity contribution in [3.63, 3.8) is 0 Å². The highest BCUT2D eigenvalue weighted by Crippen LogP contribution is 2.45. The monoisotopic (exact) mass is 353 g/mol. The number of para-hydroxylation sites is 1. The Bertz CT molecular complexity index is 727. The van der Waals surface area contributed by atoms with Crippen molar-refractivity contribution in [1.82, 2.24) is 4.90 Å². The second kappa shape index (κ2) is 7.68. The zero-order chi connectivity index (χ0) is 17.8. The summed E-state index contributed by atoms with van der Waals surface area (Å²) in [5.74, 6) is 1.39. The first-order valence-corrected chi connectivity index (χ1v) is 9.67. The number of ether oxygens (including phenoxy) is 2. The third kappa shape index (κ3) is 3.44. The molecule has 4 rings (SSSR count). The number of rotatable bonds is 6. The largest absolute Gasteiger partial charge is 0.454 e. The van der Waals surface area contributed by atoms with Crippen molar-refractivity contribution >= 4 is 0 Å². The van der Waals surface area contributed by atoms with Gasteiger partial charge in [-0.1, -0.05) is 48.9 Å². The molecule has 2 heterocycles. The first-order chi connectivity index (χ1) is 12.8. The SMILES string of the molecule is OC(CCCN1CCCCC1)(c1ccccc1)c1cccc2c1OCO2. The second-order valence-corrected chi connectivity index (χ2v) is 7.27. The van der Waals surface area contributed by atoms with Crippen LogP contribution >= 0.6 is 0 Å². The fourth-order valence-electron chi connectivity index (χ4n) is 4.15. The number of hydrogen-bond acceptors (Lipinski definition) is 4. The van der Waals surface area contributed by atoms with Gasteiger partial charge in [-0.3, -0.25) is 0 Å². The Hall–Kier alpha value is -2.04. The molecule has 0 aliphatic carbocycles. The van der Waals surface area contributed by atoms with Gasteiger partial charge >= 0.3 is 0 Å². The van der Waals surface area contributed by atoms with Crippen LogP contribution in [0, 0.1) is 0 Å². The molecule has 0 aromatic heterocycles. The molecule has 0 bridgehead atoms. The second-order valence-electron chi connectivity index (χ2n) is 7.27. The van der Waals surface area contributed by atoms with Gasteiger partial charge in [-0.15, -0.1) is 0 Å². The average Bonchev–Trinajstić information content (AvgIpc) is 3.18. The number of nitrogens with zero attached hydrogens (tertiary/aromatic N) is 1. The smallest absolute Gasteiger partial charge is 0.231 e. The summed E-state index contributed by atoms with van der Waals surface area (Å²) in [5.41, 5.74) is 0.635. The molecular weight excluding hydrogens is 326 g/mol. The maximum absolute atomic E-state index is 11.8. The Balaban J connectivity index is 1.59. The van der Waals surface area contributed by atoms with Crippen LogP contribution in [0.15, 0.2) is 48.5 Å². The molecule has 0 spiro atoms. The van der Waals surface area contributed by atoms with Crippen molar-refractivity contribution in [2.45, 2.75) is 37.7 Å². The lowest BCUT2D eigenvalue weighted by Gasteiger charge is -2.32. The standard InChI is InChI=1S/C22H27NO3/c24-22(18-9-3-1-4-10-18,13-8-16-23-14-5-2-6-15-23)19-11-7-12-20-21(19)26-17-25-20/h1,3-4,7,9-12,24H,2,5-6,8,13-17H2. The van der Waals surface area contributed by atoms with E-state index in [-0.39, 0.29) is 6.79 Å². The van der Waals surface area contributed by atoms with Gasteiger partial charge in [-0.25, -0.2) is 0 Å². The Kier molecular flexibility index (Phi) is 5.14. The Morgan fingerprint density at radius 1 is 0.923 bits per heavy atom. The molecule has 1 fully saturated rings. The van der Waals surface area contributed by atoms with E-state index in [0.29, 0.717) is 17.9 Å². The van der Waals surface area contributed by atoms with Crippen molar-refractivity contribution < 1.29 is 14.6 Å². The van der Waals surface area contributed by atoms with E-state index in [0.717, 1.165) is 24.1 Å². The van der Waals surface area contributed by atoms with Crippen LogP contribution in [0.3, 0.4) is 0 Å². The molecule has 4 heteroatoms. The van der Waals surface area contributed by atoms with E-state index in [1.165, 1.54) is 32.4 Å². The molecule has 2 aliphatic rings. The summed E-state index contributed by atoms with van der Waals surface area (Å²) >= 11 is 0. The van der Waals surface area contributed by atoms with E-state index in [1.807, 2.05) is 48.5 Å². The molecule has 0 saturated carbocycles. The molecule has 0 amide bonds. The average molecular weight is 353 g/mol. The van der Waals surface area contributed by atoms with Crippen LogP contribution in [0.5, 0.6) is 11.5 Å².